The Hall–Kier alpha value is -0.760. The lowest BCUT2D eigenvalue weighted by molar-refractivity contribution is 1.36. The Morgan fingerprint density at radius 3 is 3.27 bits per heavy atom. The monoisotopic (exact) mass is 209 g/mol. The molecule has 2 rings (SSSR count). The van der Waals surface area contributed by atoms with E-state index in [-0.39, 0.29) is 0 Å². The molecule has 0 atom stereocenters. The number of rotatable bonds is 0. The fraction of sp³-hybridized carbons (Fsp3) is 0.111. The van der Waals surface area contributed by atoms with Gasteiger partial charge in [-0.3, -0.25) is 0 Å². The van der Waals surface area contributed by atoms with Crippen molar-refractivity contribution in [1.29, 1.82) is 0 Å². The van der Waals surface area contributed by atoms with E-state index in [0.29, 0.717) is 0 Å². The maximum absolute atomic E-state index is 3.48. The molecule has 2 heteroatoms. The number of nitrogens with one attached hydrogen (secondary N) is 1. The van der Waals surface area contributed by atoms with Gasteiger partial charge in [-0.1, -0.05) is 28.1 Å². The molecule has 1 aliphatic rings. The van der Waals surface area contributed by atoms with Crippen LogP contribution in [0.25, 0.3) is 12.2 Å². The summed E-state index contributed by atoms with van der Waals surface area (Å²) in [6, 6.07) is 2.08. The first kappa shape index (κ1) is 6.92. The number of hydrogen-bond acceptors (Lipinski definition) is 0. The third-order valence-corrected chi connectivity index (χ3v) is 2.28. The van der Waals surface area contributed by atoms with Gasteiger partial charge in [0, 0.05) is 16.4 Å². The molecule has 0 aliphatic heterocycles. The Morgan fingerprint density at radius 1 is 1.45 bits per heavy atom. The molecule has 0 unspecified atom stereocenters. The van der Waals surface area contributed by atoms with Crippen LogP contribution in [0.15, 0.2) is 22.8 Å². The lowest BCUT2D eigenvalue weighted by Gasteiger charge is -1.89. The molecule has 1 aromatic rings. The Labute approximate surface area is 73.9 Å². The van der Waals surface area contributed by atoms with Crippen molar-refractivity contribution in [3.8, 4) is 0 Å². The smallest absolute Gasteiger partial charge is 0.0461 e. The molecule has 0 saturated carbocycles. The minimum absolute atomic E-state index is 0.989. The Morgan fingerprint density at radius 2 is 2.36 bits per heavy atom. The van der Waals surface area contributed by atoms with E-state index in [2.05, 4.69) is 45.2 Å². The van der Waals surface area contributed by atoms with Crippen LogP contribution in [0.3, 0.4) is 0 Å². The second-order valence-corrected chi connectivity index (χ2v) is 3.56. The van der Waals surface area contributed by atoms with Gasteiger partial charge in [-0.25, -0.2) is 0 Å². The first-order valence-electron chi connectivity index (χ1n) is 3.56. The summed E-state index contributed by atoms with van der Waals surface area (Å²) in [5.41, 5.74) is 2.45. The van der Waals surface area contributed by atoms with Crippen LogP contribution in [0, 0.1) is 0 Å². The summed E-state index contributed by atoms with van der Waals surface area (Å²) in [7, 11) is 0. The molecule has 0 spiro atoms. The molecule has 1 aromatic heterocycles. The third-order valence-electron chi connectivity index (χ3n) is 1.72. The molecular weight excluding hydrogens is 202 g/mol. The molecular formula is C9H8BrN. The highest BCUT2D eigenvalue weighted by Crippen LogP contribution is 2.22. The van der Waals surface area contributed by atoms with Gasteiger partial charge in [0.15, 0.2) is 0 Å². The van der Waals surface area contributed by atoms with Crippen molar-refractivity contribution in [3.63, 3.8) is 0 Å². The average molecular weight is 210 g/mol. The van der Waals surface area contributed by atoms with Gasteiger partial charge in [-0.05, 0) is 24.1 Å². The van der Waals surface area contributed by atoms with Crippen molar-refractivity contribution < 1.29 is 0 Å². The molecule has 1 nitrogen and oxygen atoms in total. The number of fused-ring (bicyclic) bond motifs is 1. The summed E-state index contributed by atoms with van der Waals surface area (Å²) in [5.74, 6) is 0. The average Bonchev–Trinajstić information content (AvgIpc) is 2.31. The van der Waals surface area contributed by atoms with Crippen LogP contribution in [0.4, 0.5) is 0 Å². The zero-order valence-corrected chi connectivity index (χ0v) is 7.56. The fourth-order valence-corrected chi connectivity index (χ4v) is 1.59. The van der Waals surface area contributed by atoms with Gasteiger partial charge < -0.3 is 4.98 Å². The second-order valence-electron chi connectivity index (χ2n) is 2.54. The number of H-pyrrole nitrogens is 1. The van der Waals surface area contributed by atoms with Gasteiger partial charge in [0.1, 0.15) is 0 Å². The lowest BCUT2D eigenvalue weighted by Crippen LogP contribution is -1.72. The van der Waals surface area contributed by atoms with E-state index in [1.54, 1.807) is 0 Å². The van der Waals surface area contributed by atoms with E-state index in [0.717, 1.165) is 6.42 Å². The predicted octanol–water partition coefficient (Wildman–Crippen LogP) is 3.17. The van der Waals surface area contributed by atoms with Crippen molar-refractivity contribution in [2.24, 2.45) is 0 Å². The summed E-state index contributed by atoms with van der Waals surface area (Å²) in [5, 5.41) is 0. The van der Waals surface area contributed by atoms with Crippen molar-refractivity contribution in [1.82, 2.24) is 4.98 Å². The van der Waals surface area contributed by atoms with Gasteiger partial charge >= 0.3 is 0 Å². The summed E-state index contributed by atoms with van der Waals surface area (Å²) < 4.78 is 1.22. The predicted molar refractivity (Wildman–Crippen MR) is 51.3 cm³/mol. The fourth-order valence-electron chi connectivity index (χ4n) is 1.18. The van der Waals surface area contributed by atoms with Crippen LogP contribution in [0.5, 0.6) is 0 Å². The Kier molecular flexibility index (Phi) is 1.70. The number of aromatic nitrogens is 1. The lowest BCUT2D eigenvalue weighted by atomic mass is 10.2. The maximum atomic E-state index is 3.48. The SMILES string of the molecule is BrC1=Cc2[nH]ccc2C=CC1. The standard InChI is InChI=1S/C9H8BrN/c10-8-3-1-2-7-4-5-11-9(7)6-8/h1-2,4-6,11H,3H2. The van der Waals surface area contributed by atoms with Crippen LogP contribution in [0.1, 0.15) is 17.7 Å². The zero-order valence-electron chi connectivity index (χ0n) is 5.97. The number of halogens is 1. The van der Waals surface area contributed by atoms with E-state index in [9.17, 15) is 0 Å². The molecule has 0 fully saturated rings. The van der Waals surface area contributed by atoms with Crippen molar-refractivity contribution >= 4 is 28.1 Å². The van der Waals surface area contributed by atoms with Crippen LogP contribution in [-0.4, -0.2) is 4.98 Å². The van der Waals surface area contributed by atoms with Crippen molar-refractivity contribution in [2.45, 2.75) is 6.42 Å². The van der Waals surface area contributed by atoms with Gasteiger partial charge in [0.25, 0.3) is 0 Å². The minimum Gasteiger partial charge on any atom is -0.361 e. The highest BCUT2D eigenvalue weighted by Gasteiger charge is 2.01. The maximum Gasteiger partial charge on any atom is 0.0461 e. The molecule has 1 N–H and O–H groups in total. The summed E-state index contributed by atoms with van der Waals surface area (Å²) in [6.07, 6.45) is 9.35. The van der Waals surface area contributed by atoms with E-state index < -0.39 is 0 Å². The van der Waals surface area contributed by atoms with E-state index in [1.165, 1.54) is 15.7 Å². The summed E-state index contributed by atoms with van der Waals surface area (Å²) in [6.45, 7) is 0. The molecule has 11 heavy (non-hydrogen) atoms. The van der Waals surface area contributed by atoms with Gasteiger partial charge in [-0.15, -0.1) is 0 Å². The molecule has 0 saturated heterocycles. The van der Waals surface area contributed by atoms with Crippen molar-refractivity contribution in [2.75, 3.05) is 0 Å². The third kappa shape index (κ3) is 1.31. The van der Waals surface area contributed by atoms with Crippen LogP contribution >= 0.6 is 15.9 Å². The first-order valence-corrected chi connectivity index (χ1v) is 4.35. The molecule has 1 aliphatic carbocycles. The van der Waals surface area contributed by atoms with E-state index in [4.69, 9.17) is 0 Å². The molecule has 0 amide bonds. The first-order chi connectivity index (χ1) is 5.36. The highest BCUT2D eigenvalue weighted by molar-refractivity contribution is 9.11. The zero-order chi connectivity index (χ0) is 7.68. The summed E-state index contributed by atoms with van der Waals surface area (Å²) in [4.78, 5) is 3.17. The highest BCUT2D eigenvalue weighted by atomic mass is 79.9. The number of allylic oxidation sites excluding steroid dienone is 2. The molecule has 1 heterocycles. The van der Waals surface area contributed by atoms with E-state index in [1.807, 2.05) is 6.20 Å². The van der Waals surface area contributed by atoms with Crippen LogP contribution in [-0.2, 0) is 0 Å². The topological polar surface area (TPSA) is 15.8 Å². The van der Waals surface area contributed by atoms with Crippen LogP contribution < -0.4 is 0 Å². The molecule has 0 bridgehead atoms. The quantitative estimate of drug-likeness (QED) is 0.676. The largest absolute Gasteiger partial charge is 0.361 e. The van der Waals surface area contributed by atoms with Crippen LogP contribution in [0.2, 0.25) is 0 Å². The molecule has 0 aromatic carbocycles. The van der Waals surface area contributed by atoms with Crippen molar-refractivity contribution in [3.05, 3.63) is 34.1 Å². The summed E-state index contributed by atoms with van der Waals surface area (Å²) >= 11 is 3.48. The number of aromatic amines is 1. The molecule has 0 radical (unpaired) electrons. The normalized spacial score (nSPS) is 15.5. The minimum atomic E-state index is 0.989. The Bertz CT molecular complexity index is 320. The van der Waals surface area contributed by atoms with E-state index >= 15 is 0 Å². The van der Waals surface area contributed by atoms with Gasteiger partial charge in [0.2, 0.25) is 0 Å². The Balaban J connectivity index is 2.55. The van der Waals surface area contributed by atoms with Gasteiger partial charge in [-0.2, -0.15) is 0 Å². The molecule has 56 valence electrons. The second kappa shape index (κ2) is 2.70. The van der Waals surface area contributed by atoms with Gasteiger partial charge in [0.05, 0.1) is 0 Å². The number of hydrogen-bond donors (Lipinski definition) is 1.